The Labute approximate surface area is 129 Å². The highest BCUT2D eigenvalue weighted by Gasteiger charge is 2.95. The van der Waals surface area contributed by atoms with Gasteiger partial charge in [-0.3, -0.25) is 0 Å². The minimum absolute atomic E-state index is 7.75. The first-order valence-electron chi connectivity index (χ1n) is 5.17. The van der Waals surface area contributed by atoms with Crippen LogP contribution in [-0.4, -0.2) is 47.8 Å². The first kappa shape index (κ1) is 24.8. The van der Waals surface area contributed by atoms with E-state index < -0.39 is 47.8 Å². The molecule has 0 aromatic heterocycles. The van der Waals surface area contributed by atoms with Crippen LogP contribution in [0.4, 0.5) is 74.6 Å². The lowest BCUT2D eigenvalue weighted by Gasteiger charge is -2.41. The van der Waals surface area contributed by atoms with Crippen molar-refractivity contribution >= 4 is 0 Å². The zero-order chi connectivity index (χ0) is 22.0. The van der Waals surface area contributed by atoms with E-state index in [1.54, 1.807) is 0 Å². The summed E-state index contributed by atoms with van der Waals surface area (Å²) >= 11 is 0. The highest BCUT2D eigenvalue weighted by Crippen LogP contribution is 2.63. The number of alkyl halides is 17. The maximum atomic E-state index is 12.8. The van der Waals surface area contributed by atoms with Crippen LogP contribution in [0.2, 0.25) is 0 Å². The fraction of sp³-hybridized carbons (Fsp3) is 1.00. The number of hydrogen-bond donors (Lipinski definition) is 0. The highest BCUT2D eigenvalue weighted by molar-refractivity contribution is 5.13. The van der Waals surface area contributed by atoms with Crippen LogP contribution in [0.25, 0.3) is 0 Å². The Balaban J connectivity index is 6.61. The number of rotatable bonds is 5. The molecular formula is C8F17O. The van der Waals surface area contributed by atoms with E-state index in [-0.39, 0.29) is 0 Å². The molecule has 18 heteroatoms. The molecule has 157 valence electrons. The van der Waals surface area contributed by atoms with E-state index in [2.05, 4.69) is 0 Å². The zero-order valence-corrected chi connectivity index (χ0v) is 10.8. The average molecular weight is 435 g/mol. The second-order valence-electron chi connectivity index (χ2n) is 4.46. The molecule has 0 fully saturated rings. The average Bonchev–Trinajstić information content (AvgIpc) is 2.34. The van der Waals surface area contributed by atoms with Crippen LogP contribution >= 0.6 is 0 Å². The molecule has 0 spiro atoms. The lowest BCUT2D eigenvalue weighted by atomic mass is 9.90. The number of halogens is 17. The van der Waals surface area contributed by atoms with E-state index >= 15 is 0 Å². The van der Waals surface area contributed by atoms with Crippen molar-refractivity contribution in [3.8, 4) is 0 Å². The molecule has 26 heavy (non-hydrogen) atoms. The van der Waals surface area contributed by atoms with Crippen LogP contribution in [0.5, 0.6) is 0 Å². The molecule has 0 aromatic rings. The van der Waals surface area contributed by atoms with E-state index in [0.717, 1.165) is 0 Å². The Kier molecular flexibility index (Phi) is 5.37. The van der Waals surface area contributed by atoms with Crippen molar-refractivity contribution in [3.63, 3.8) is 0 Å². The summed E-state index contributed by atoms with van der Waals surface area (Å²) in [6.45, 7) is 0. The monoisotopic (exact) mass is 435 g/mol. The van der Waals surface area contributed by atoms with Crippen molar-refractivity contribution in [2.75, 3.05) is 0 Å². The third-order valence-electron chi connectivity index (χ3n) is 2.70. The van der Waals surface area contributed by atoms with Gasteiger partial charge in [-0.2, -0.15) is 79.7 Å². The first-order valence-corrected chi connectivity index (χ1v) is 5.17. The summed E-state index contributed by atoms with van der Waals surface area (Å²) in [5.74, 6) is -50.4. The Morgan fingerprint density at radius 3 is 0.769 bits per heavy atom. The van der Waals surface area contributed by atoms with Gasteiger partial charge in [0.2, 0.25) is 0 Å². The molecule has 0 aliphatic carbocycles. The van der Waals surface area contributed by atoms with Crippen molar-refractivity contribution in [1.29, 1.82) is 0 Å². The van der Waals surface area contributed by atoms with Gasteiger partial charge in [-0.15, -0.1) is 0 Å². The second-order valence-corrected chi connectivity index (χ2v) is 4.46. The molecule has 0 aliphatic heterocycles. The molecule has 0 aromatic carbocycles. The second kappa shape index (κ2) is 5.63. The van der Waals surface area contributed by atoms with E-state index in [4.69, 9.17) is 0 Å². The SMILES string of the molecule is [O]C(F)(C(F)(F)C(F)(F)F)C(F)(F)C(F)(F)C(F)(F)C(F)(F)C(F)(F)F. The molecule has 1 atom stereocenters. The fourth-order valence-corrected chi connectivity index (χ4v) is 1.15. The Hall–Kier alpha value is -1.23. The van der Waals surface area contributed by atoms with Crippen LogP contribution < -0.4 is 0 Å². The lowest BCUT2D eigenvalue weighted by molar-refractivity contribution is -0.490. The summed E-state index contributed by atoms with van der Waals surface area (Å²) in [6.07, 6.45) is -15.5. The summed E-state index contributed by atoms with van der Waals surface area (Å²) in [7, 11) is 0. The molecule has 0 bridgehead atoms. The molecule has 0 N–H and O–H groups in total. The highest BCUT2D eigenvalue weighted by atomic mass is 19.4. The molecule has 1 nitrogen and oxygen atoms in total. The van der Waals surface area contributed by atoms with Gasteiger partial charge in [0.15, 0.2) is 0 Å². The van der Waals surface area contributed by atoms with E-state index in [9.17, 15) is 79.7 Å². The summed E-state index contributed by atoms with van der Waals surface area (Å²) in [5.41, 5.74) is 0. The van der Waals surface area contributed by atoms with Gasteiger partial charge in [-0.05, 0) is 0 Å². The maximum Gasteiger partial charge on any atom is 0.460 e. The maximum absolute atomic E-state index is 12.8. The summed E-state index contributed by atoms with van der Waals surface area (Å²) < 4.78 is 209. The van der Waals surface area contributed by atoms with E-state index in [0.29, 0.717) is 0 Å². The Morgan fingerprint density at radius 2 is 0.538 bits per heavy atom. The van der Waals surface area contributed by atoms with Crippen molar-refractivity contribution in [2.24, 2.45) is 0 Å². The molecule has 0 rings (SSSR count). The third kappa shape index (κ3) is 2.83. The van der Waals surface area contributed by atoms with Gasteiger partial charge in [0.05, 0.1) is 0 Å². The summed E-state index contributed by atoms with van der Waals surface area (Å²) in [5, 5.41) is 10.2. The van der Waals surface area contributed by atoms with Gasteiger partial charge in [0.25, 0.3) is 0 Å². The van der Waals surface area contributed by atoms with Gasteiger partial charge in [0, 0.05) is 0 Å². The predicted octanol–water partition coefficient (Wildman–Crippen LogP) is 5.38. The molecule has 1 unspecified atom stereocenters. The van der Waals surface area contributed by atoms with E-state index in [1.807, 2.05) is 0 Å². The molecule has 0 saturated heterocycles. The quantitative estimate of drug-likeness (QED) is 0.517. The van der Waals surface area contributed by atoms with E-state index in [1.165, 1.54) is 0 Å². The summed E-state index contributed by atoms with van der Waals surface area (Å²) in [6, 6.07) is 0. The first-order chi connectivity index (χ1) is 10.8. The topological polar surface area (TPSA) is 19.9 Å². The molecule has 1 radical (unpaired) electrons. The van der Waals surface area contributed by atoms with Gasteiger partial charge >= 0.3 is 47.8 Å². The van der Waals surface area contributed by atoms with Gasteiger partial charge in [-0.25, -0.2) is 0 Å². The predicted molar refractivity (Wildman–Crippen MR) is 41.4 cm³/mol. The lowest BCUT2D eigenvalue weighted by Crippen LogP contribution is -2.75. The van der Waals surface area contributed by atoms with Crippen molar-refractivity contribution < 1.29 is 79.7 Å². The van der Waals surface area contributed by atoms with Crippen molar-refractivity contribution in [2.45, 2.75) is 47.8 Å². The number of hydrogen-bond acceptors (Lipinski definition) is 0. The van der Waals surface area contributed by atoms with Gasteiger partial charge in [-0.1, -0.05) is 0 Å². The third-order valence-corrected chi connectivity index (χ3v) is 2.70. The standard InChI is InChI=1S/C8F17O/c9-1(10,2(11,12)4(15,16)7(20,21)22)3(13,14)6(19,26)5(17,18)8(23,24)25. The molecule has 0 aliphatic rings. The van der Waals surface area contributed by atoms with Crippen LogP contribution in [0.3, 0.4) is 0 Å². The van der Waals surface area contributed by atoms with Crippen molar-refractivity contribution in [3.05, 3.63) is 0 Å². The van der Waals surface area contributed by atoms with Crippen LogP contribution in [0, 0.1) is 0 Å². The normalized spacial score (nSPS) is 18.7. The Morgan fingerprint density at radius 1 is 0.308 bits per heavy atom. The summed E-state index contributed by atoms with van der Waals surface area (Å²) in [4.78, 5) is 0. The minimum atomic E-state index is -8.66. The molecule has 0 amide bonds. The van der Waals surface area contributed by atoms with Crippen LogP contribution in [-0.2, 0) is 5.11 Å². The van der Waals surface area contributed by atoms with Crippen molar-refractivity contribution in [1.82, 2.24) is 0 Å². The molecule has 0 saturated carbocycles. The smallest absolute Gasteiger partial charge is 0.195 e. The van der Waals surface area contributed by atoms with Crippen LogP contribution in [0.1, 0.15) is 0 Å². The molecule has 0 heterocycles. The minimum Gasteiger partial charge on any atom is -0.195 e. The zero-order valence-electron chi connectivity index (χ0n) is 10.8. The van der Waals surface area contributed by atoms with Gasteiger partial charge < -0.3 is 0 Å². The van der Waals surface area contributed by atoms with Crippen LogP contribution in [0.15, 0.2) is 0 Å². The fourth-order valence-electron chi connectivity index (χ4n) is 1.15. The van der Waals surface area contributed by atoms with Gasteiger partial charge in [0.1, 0.15) is 0 Å². The Bertz CT molecular complexity index is 474. The molecular weight excluding hydrogens is 435 g/mol. The largest absolute Gasteiger partial charge is 0.460 e.